The van der Waals surface area contributed by atoms with Gasteiger partial charge in [0.2, 0.25) is 17.6 Å². The van der Waals surface area contributed by atoms with Gasteiger partial charge in [0, 0.05) is 37.7 Å². The van der Waals surface area contributed by atoms with Crippen LogP contribution in [0.2, 0.25) is 0 Å². The average Bonchev–Trinajstić information content (AvgIpc) is 3.04. The van der Waals surface area contributed by atoms with E-state index < -0.39 is 0 Å². The van der Waals surface area contributed by atoms with E-state index in [1.165, 1.54) is 5.56 Å². The topological polar surface area (TPSA) is 62.5 Å². The highest BCUT2D eigenvalue weighted by atomic mass is 16.5. The summed E-state index contributed by atoms with van der Waals surface area (Å²) in [5.74, 6) is 1.53. The molecular weight excluding hydrogens is 304 g/mol. The third-order valence-corrected chi connectivity index (χ3v) is 4.31. The predicted octanol–water partition coefficient (Wildman–Crippen LogP) is 2.35. The highest BCUT2D eigenvalue weighted by Crippen LogP contribution is 2.17. The molecule has 0 unspecified atom stereocenters. The lowest BCUT2D eigenvalue weighted by Crippen LogP contribution is -2.49. The number of hydrogen-bond donors (Lipinski definition) is 0. The molecule has 0 saturated carbocycles. The van der Waals surface area contributed by atoms with Crippen LogP contribution in [0.5, 0.6) is 0 Å². The van der Waals surface area contributed by atoms with E-state index in [1.54, 1.807) is 0 Å². The van der Waals surface area contributed by atoms with Crippen LogP contribution in [0.3, 0.4) is 0 Å². The van der Waals surface area contributed by atoms with E-state index >= 15 is 0 Å². The standard InChI is InChI=1S/C18H24N4O2/c1-13(2)18(23)22-10-8-21(9-11-22)12-16-19-17(20-24-16)15-6-4-14(3)5-7-15/h4-7,13H,8-12H2,1-3H3. The Morgan fingerprint density at radius 3 is 2.46 bits per heavy atom. The van der Waals surface area contributed by atoms with Crippen LogP contribution >= 0.6 is 0 Å². The first-order valence-corrected chi connectivity index (χ1v) is 8.43. The quantitative estimate of drug-likeness (QED) is 0.862. The lowest BCUT2D eigenvalue weighted by molar-refractivity contribution is -0.136. The molecule has 1 amide bonds. The summed E-state index contributed by atoms with van der Waals surface area (Å²) in [5.41, 5.74) is 2.17. The number of aryl methyl sites for hydroxylation is 1. The minimum Gasteiger partial charge on any atom is -0.340 e. The number of carbonyl (C=O) groups is 1. The molecule has 0 aliphatic carbocycles. The molecule has 0 radical (unpaired) electrons. The van der Waals surface area contributed by atoms with Gasteiger partial charge in [0.05, 0.1) is 6.54 Å². The second-order valence-corrected chi connectivity index (χ2v) is 6.63. The van der Waals surface area contributed by atoms with Gasteiger partial charge in [-0.05, 0) is 6.92 Å². The Hall–Kier alpha value is -2.21. The van der Waals surface area contributed by atoms with Crippen LogP contribution in [-0.2, 0) is 11.3 Å². The van der Waals surface area contributed by atoms with Gasteiger partial charge in [0.15, 0.2) is 0 Å². The van der Waals surface area contributed by atoms with Crippen LogP contribution in [0.1, 0.15) is 25.3 Å². The fourth-order valence-corrected chi connectivity index (χ4v) is 2.82. The van der Waals surface area contributed by atoms with Crippen molar-refractivity contribution in [2.75, 3.05) is 26.2 Å². The maximum absolute atomic E-state index is 12.0. The molecule has 0 bridgehead atoms. The lowest BCUT2D eigenvalue weighted by Gasteiger charge is -2.34. The van der Waals surface area contributed by atoms with E-state index in [0.717, 1.165) is 31.7 Å². The van der Waals surface area contributed by atoms with Crippen LogP contribution in [0.25, 0.3) is 11.4 Å². The van der Waals surface area contributed by atoms with Crippen molar-refractivity contribution in [3.63, 3.8) is 0 Å². The Balaban J connectivity index is 1.56. The SMILES string of the molecule is Cc1ccc(-c2noc(CN3CCN(C(=O)C(C)C)CC3)n2)cc1. The van der Waals surface area contributed by atoms with Gasteiger partial charge >= 0.3 is 0 Å². The van der Waals surface area contributed by atoms with Gasteiger partial charge in [-0.3, -0.25) is 9.69 Å². The number of carbonyl (C=O) groups excluding carboxylic acids is 1. The van der Waals surface area contributed by atoms with Crippen LogP contribution in [-0.4, -0.2) is 52.0 Å². The molecule has 0 atom stereocenters. The monoisotopic (exact) mass is 328 g/mol. The zero-order valence-electron chi connectivity index (χ0n) is 14.5. The van der Waals surface area contributed by atoms with Gasteiger partial charge in [0.1, 0.15) is 0 Å². The summed E-state index contributed by atoms with van der Waals surface area (Å²) in [5, 5.41) is 4.07. The summed E-state index contributed by atoms with van der Waals surface area (Å²) in [6, 6.07) is 8.08. The first-order chi connectivity index (χ1) is 11.5. The van der Waals surface area contributed by atoms with Crippen molar-refractivity contribution in [2.45, 2.75) is 27.3 Å². The Kier molecular flexibility index (Phi) is 4.94. The minimum atomic E-state index is 0.0598. The average molecular weight is 328 g/mol. The van der Waals surface area contributed by atoms with Crippen molar-refractivity contribution in [3.8, 4) is 11.4 Å². The second-order valence-electron chi connectivity index (χ2n) is 6.63. The van der Waals surface area contributed by atoms with Crippen molar-refractivity contribution in [1.82, 2.24) is 19.9 Å². The van der Waals surface area contributed by atoms with Crippen LogP contribution in [0, 0.1) is 12.8 Å². The van der Waals surface area contributed by atoms with Crippen molar-refractivity contribution in [2.24, 2.45) is 5.92 Å². The largest absolute Gasteiger partial charge is 0.340 e. The Morgan fingerprint density at radius 1 is 1.17 bits per heavy atom. The number of rotatable bonds is 4. The molecule has 1 saturated heterocycles. The number of amides is 1. The van der Waals surface area contributed by atoms with E-state index in [4.69, 9.17) is 4.52 Å². The fourth-order valence-electron chi connectivity index (χ4n) is 2.82. The molecule has 1 aliphatic rings. The zero-order chi connectivity index (χ0) is 17.1. The molecule has 1 aromatic heterocycles. The van der Waals surface area contributed by atoms with Gasteiger partial charge < -0.3 is 9.42 Å². The molecule has 2 aromatic rings. The van der Waals surface area contributed by atoms with Crippen LogP contribution in [0.15, 0.2) is 28.8 Å². The molecule has 24 heavy (non-hydrogen) atoms. The summed E-state index contributed by atoms with van der Waals surface area (Å²) in [6.07, 6.45) is 0. The van der Waals surface area contributed by atoms with Gasteiger partial charge in [0.25, 0.3) is 0 Å². The van der Waals surface area contributed by atoms with Crippen molar-refractivity contribution in [1.29, 1.82) is 0 Å². The zero-order valence-corrected chi connectivity index (χ0v) is 14.5. The molecule has 3 rings (SSSR count). The smallest absolute Gasteiger partial charge is 0.241 e. The Labute approximate surface area is 142 Å². The van der Waals surface area contributed by atoms with E-state index in [1.807, 2.05) is 43.0 Å². The van der Waals surface area contributed by atoms with E-state index in [-0.39, 0.29) is 11.8 Å². The third-order valence-electron chi connectivity index (χ3n) is 4.31. The molecular formula is C18H24N4O2. The fraction of sp³-hybridized carbons (Fsp3) is 0.500. The first kappa shape index (κ1) is 16.6. The number of benzene rings is 1. The number of nitrogens with zero attached hydrogens (tertiary/aromatic N) is 4. The summed E-state index contributed by atoms with van der Waals surface area (Å²) in [7, 11) is 0. The normalized spacial score (nSPS) is 15.9. The molecule has 0 spiro atoms. The van der Waals surface area contributed by atoms with E-state index in [2.05, 4.69) is 22.0 Å². The van der Waals surface area contributed by atoms with Crippen molar-refractivity contribution < 1.29 is 9.32 Å². The first-order valence-electron chi connectivity index (χ1n) is 8.43. The second kappa shape index (κ2) is 7.13. The molecule has 1 aliphatic heterocycles. The van der Waals surface area contributed by atoms with Crippen molar-refractivity contribution in [3.05, 3.63) is 35.7 Å². The highest BCUT2D eigenvalue weighted by Gasteiger charge is 2.23. The third kappa shape index (κ3) is 3.82. The Morgan fingerprint density at radius 2 is 1.83 bits per heavy atom. The maximum Gasteiger partial charge on any atom is 0.241 e. The molecule has 1 aromatic carbocycles. The van der Waals surface area contributed by atoms with Crippen molar-refractivity contribution >= 4 is 5.91 Å². The predicted molar refractivity (Wildman–Crippen MR) is 91.2 cm³/mol. The number of hydrogen-bond acceptors (Lipinski definition) is 5. The number of piperazine rings is 1. The summed E-state index contributed by atoms with van der Waals surface area (Å²) in [4.78, 5) is 20.7. The maximum atomic E-state index is 12.0. The van der Waals surface area contributed by atoms with Gasteiger partial charge in [-0.2, -0.15) is 4.98 Å². The molecule has 1 fully saturated rings. The van der Waals surface area contributed by atoms with Gasteiger partial charge in [-0.15, -0.1) is 0 Å². The van der Waals surface area contributed by atoms with Gasteiger partial charge in [-0.25, -0.2) is 0 Å². The molecule has 0 N–H and O–H groups in total. The minimum absolute atomic E-state index is 0.0598. The summed E-state index contributed by atoms with van der Waals surface area (Å²) >= 11 is 0. The lowest BCUT2D eigenvalue weighted by atomic mass is 10.1. The summed E-state index contributed by atoms with van der Waals surface area (Å²) < 4.78 is 5.38. The van der Waals surface area contributed by atoms with Crippen LogP contribution < -0.4 is 0 Å². The summed E-state index contributed by atoms with van der Waals surface area (Å²) in [6.45, 7) is 9.75. The molecule has 128 valence electrons. The van der Waals surface area contributed by atoms with Gasteiger partial charge in [-0.1, -0.05) is 48.8 Å². The van der Waals surface area contributed by atoms with Crippen LogP contribution in [0.4, 0.5) is 0 Å². The molecule has 6 nitrogen and oxygen atoms in total. The highest BCUT2D eigenvalue weighted by molar-refractivity contribution is 5.78. The number of aromatic nitrogens is 2. The van der Waals surface area contributed by atoms with E-state index in [0.29, 0.717) is 18.3 Å². The molecule has 6 heteroatoms. The molecule has 2 heterocycles. The Bertz CT molecular complexity index is 685. The van der Waals surface area contributed by atoms with E-state index in [9.17, 15) is 4.79 Å².